The van der Waals surface area contributed by atoms with Crippen LogP contribution in [0.1, 0.15) is 25.5 Å². The first-order valence-corrected chi connectivity index (χ1v) is 8.05. The predicted octanol–water partition coefficient (Wildman–Crippen LogP) is 0.822. The SMILES string of the molecule is CCn1nc(C)c2ccn(CC(=O)NCC3CCCO3)c(=O)c21. The highest BCUT2D eigenvalue weighted by atomic mass is 16.5. The molecule has 2 aromatic rings. The van der Waals surface area contributed by atoms with Crippen LogP contribution < -0.4 is 10.9 Å². The molecule has 1 aliphatic rings. The second-order valence-corrected chi connectivity index (χ2v) is 5.85. The lowest BCUT2D eigenvalue weighted by Gasteiger charge is -2.11. The number of pyridine rings is 1. The van der Waals surface area contributed by atoms with Crippen LogP contribution in [0.25, 0.3) is 10.9 Å². The van der Waals surface area contributed by atoms with E-state index in [9.17, 15) is 9.59 Å². The lowest BCUT2D eigenvalue weighted by molar-refractivity contribution is -0.122. The van der Waals surface area contributed by atoms with Gasteiger partial charge in [-0.05, 0) is 32.8 Å². The molecule has 0 saturated carbocycles. The highest BCUT2D eigenvalue weighted by molar-refractivity contribution is 5.81. The number of aromatic nitrogens is 3. The van der Waals surface area contributed by atoms with Gasteiger partial charge in [-0.2, -0.15) is 5.10 Å². The molecule has 124 valence electrons. The number of amides is 1. The molecule has 3 heterocycles. The van der Waals surface area contributed by atoms with Crippen LogP contribution in [0.5, 0.6) is 0 Å². The summed E-state index contributed by atoms with van der Waals surface area (Å²) in [6, 6.07) is 1.85. The zero-order valence-electron chi connectivity index (χ0n) is 13.5. The van der Waals surface area contributed by atoms with Crippen molar-refractivity contribution in [1.82, 2.24) is 19.7 Å². The lowest BCUT2D eigenvalue weighted by Crippen LogP contribution is -2.36. The largest absolute Gasteiger partial charge is 0.376 e. The third-order valence-corrected chi connectivity index (χ3v) is 4.22. The van der Waals surface area contributed by atoms with Crippen molar-refractivity contribution in [3.8, 4) is 0 Å². The minimum Gasteiger partial charge on any atom is -0.376 e. The van der Waals surface area contributed by atoms with E-state index in [2.05, 4.69) is 10.4 Å². The maximum Gasteiger partial charge on any atom is 0.277 e. The van der Waals surface area contributed by atoms with Crippen molar-refractivity contribution in [2.24, 2.45) is 0 Å². The average molecular weight is 318 g/mol. The third-order valence-electron chi connectivity index (χ3n) is 4.22. The van der Waals surface area contributed by atoms with E-state index in [0.29, 0.717) is 18.6 Å². The van der Waals surface area contributed by atoms with Crippen molar-refractivity contribution in [3.05, 3.63) is 28.3 Å². The van der Waals surface area contributed by atoms with E-state index < -0.39 is 0 Å². The van der Waals surface area contributed by atoms with Gasteiger partial charge >= 0.3 is 0 Å². The summed E-state index contributed by atoms with van der Waals surface area (Å²) in [7, 11) is 0. The fraction of sp³-hybridized carbons (Fsp3) is 0.562. The van der Waals surface area contributed by atoms with E-state index in [1.54, 1.807) is 10.9 Å². The number of hydrogen-bond acceptors (Lipinski definition) is 4. The lowest BCUT2D eigenvalue weighted by atomic mass is 10.2. The van der Waals surface area contributed by atoms with Gasteiger partial charge in [0, 0.05) is 31.3 Å². The fourth-order valence-electron chi connectivity index (χ4n) is 2.99. The van der Waals surface area contributed by atoms with Crippen LogP contribution in [0.15, 0.2) is 17.1 Å². The average Bonchev–Trinajstić information content (AvgIpc) is 3.16. The van der Waals surface area contributed by atoms with Gasteiger partial charge < -0.3 is 14.6 Å². The van der Waals surface area contributed by atoms with Crippen LogP contribution >= 0.6 is 0 Å². The van der Waals surface area contributed by atoms with Gasteiger partial charge in [-0.25, -0.2) is 0 Å². The van der Waals surface area contributed by atoms with Gasteiger partial charge in [0.2, 0.25) is 5.91 Å². The summed E-state index contributed by atoms with van der Waals surface area (Å²) in [5, 5.41) is 8.04. The van der Waals surface area contributed by atoms with Gasteiger partial charge in [0.25, 0.3) is 5.56 Å². The number of nitrogens with zero attached hydrogens (tertiary/aromatic N) is 3. The van der Waals surface area contributed by atoms with Gasteiger partial charge in [0.05, 0.1) is 11.8 Å². The molecule has 1 amide bonds. The molecule has 23 heavy (non-hydrogen) atoms. The molecule has 0 bridgehead atoms. The Kier molecular flexibility index (Phi) is 4.47. The molecule has 2 aromatic heterocycles. The summed E-state index contributed by atoms with van der Waals surface area (Å²) in [5.41, 5.74) is 1.20. The molecule has 0 radical (unpaired) electrons. The second kappa shape index (κ2) is 6.54. The molecule has 1 atom stereocenters. The highest BCUT2D eigenvalue weighted by Gasteiger charge is 2.17. The minimum atomic E-state index is -0.183. The van der Waals surface area contributed by atoms with Crippen molar-refractivity contribution in [3.63, 3.8) is 0 Å². The topological polar surface area (TPSA) is 78.2 Å². The molecule has 7 nitrogen and oxygen atoms in total. The molecule has 1 aliphatic heterocycles. The van der Waals surface area contributed by atoms with Gasteiger partial charge in [0.1, 0.15) is 12.1 Å². The monoisotopic (exact) mass is 318 g/mol. The smallest absolute Gasteiger partial charge is 0.277 e. The number of carbonyl (C=O) groups is 1. The number of rotatable bonds is 5. The molecule has 7 heteroatoms. The van der Waals surface area contributed by atoms with Crippen LogP contribution in [-0.2, 0) is 22.6 Å². The summed E-state index contributed by atoms with van der Waals surface area (Å²) in [4.78, 5) is 24.7. The first kappa shape index (κ1) is 15.7. The molecular weight excluding hydrogens is 296 g/mol. The molecule has 1 unspecified atom stereocenters. The normalized spacial score (nSPS) is 17.7. The maximum atomic E-state index is 12.6. The zero-order valence-corrected chi connectivity index (χ0v) is 13.5. The van der Waals surface area contributed by atoms with Crippen LogP contribution in [0.4, 0.5) is 0 Å². The minimum absolute atomic E-state index is 0.00936. The van der Waals surface area contributed by atoms with Gasteiger partial charge in [-0.3, -0.25) is 14.3 Å². The Bertz CT molecular complexity index is 771. The Morgan fingerprint density at radius 3 is 3.04 bits per heavy atom. The second-order valence-electron chi connectivity index (χ2n) is 5.85. The highest BCUT2D eigenvalue weighted by Crippen LogP contribution is 2.14. The van der Waals surface area contributed by atoms with Gasteiger partial charge in [-0.1, -0.05) is 0 Å². The summed E-state index contributed by atoms with van der Waals surface area (Å²) in [6.07, 6.45) is 3.77. The Labute approximate surface area is 134 Å². The Balaban J connectivity index is 1.76. The van der Waals surface area contributed by atoms with Crippen molar-refractivity contribution >= 4 is 16.8 Å². The van der Waals surface area contributed by atoms with Crippen LogP contribution in [0, 0.1) is 6.92 Å². The van der Waals surface area contributed by atoms with Crippen LogP contribution in [0.2, 0.25) is 0 Å². The Hall–Kier alpha value is -2.15. The molecule has 0 spiro atoms. The number of hydrogen-bond donors (Lipinski definition) is 1. The van der Waals surface area contributed by atoms with Crippen molar-refractivity contribution in [1.29, 1.82) is 0 Å². The van der Waals surface area contributed by atoms with E-state index in [0.717, 1.165) is 30.5 Å². The van der Waals surface area contributed by atoms with E-state index in [4.69, 9.17) is 4.74 Å². The van der Waals surface area contributed by atoms with Crippen molar-refractivity contribution in [2.45, 2.75) is 45.9 Å². The van der Waals surface area contributed by atoms with Gasteiger partial charge in [0.15, 0.2) is 0 Å². The summed E-state index contributed by atoms with van der Waals surface area (Å²) < 4.78 is 8.59. The molecule has 0 aromatic carbocycles. The Morgan fingerprint density at radius 1 is 1.52 bits per heavy atom. The zero-order chi connectivity index (χ0) is 16.4. The summed E-state index contributed by atoms with van der Waals surface area (Å²) in [6.45, 7) is 5.71. The number of nitrogens with one attached hydrogen (secondary N) is 1. The fourth-order valence-corrected chi connectivity index (χ4v) is 2.99. The number of aryl methyl sites for hydroxylation is 2. The summed E-state index contributed by atoms with van der Waals surface area (Å²) in [5.74, 6) is -0.179. The standard InChI is InChI=1S/C16H22N4O3/c1-3-20-15-13(11(2)18-20)6-7-19(16(15)22)10-14(21)17-9-12-5-4-8-23-12/h6-7,12H,3-5,8-10H2,1-2H3,(H,17,21). The quantitative estimate of drug-likeness (QED) is 0.885. The van der Waals surface area contributed by atoms with E-state index in [1.807, 2.05) is 19.9 Å². The molecular formula is C16H22N4O3. The van der Waals surface area contributed by atoms with E-state index >= 15 is 0 Å². The third kappa shape index (κ3) is 3.14. The molecule has 1 N–H and O–H groups in total. The van der Waals surface area contributed by atoms with Crippen molar-refractivity contribution < 1.29 is 9.53 Å². The molecule has 1 fully saturated rings. The van der Waals surface area contributed by atoms with E-state index in [1.165, 1.54) is 4.57 Å². The predicted molar refractivity (Wildman–Crippen MR) is 86.4 cm³/mol. The number of carbonyl (C=O) groups excluding carboxylic acids is 1. The number of fused-ring (bicyclic) bond motifs is 1. The molecule has 3 rings (SSSR count). The maximum absolute atomic E-state index is 12.6. The Morgan fingerprint density at radius 2 is 2.35 bits per heavy atom. The van der Waals surface area contributed by atoms with Gasteiger partial charge in [-0.15, -0.1) is 0 Å². The van der Waals surface area contributed by atoms with Crippen LogP contribution in [0.3, 0.4) is 0 Å². The number of ether oxygens (including phenoxy) is 1. The van der Waals surface area contributed by atoms with Crippen molar-refractivity contribution in [2.75, 3.05) is 13.2 Å². The first-order chi connectivity index (χ1) is 11.1. The first-order valence-electron chi connectivity index (χ1n) is 8.05. The summed E-state index contributed by atoms with van der Waals surface area (Å²) >= 11 is 0. The van der Waals surface area contributed by atoms with E-state index in [-0.39, 0.29) is 24.1 Å². The van der Waals surface area contributed by atoms with Crippen LogP contribution in [-0.4, -0.2) is 39.5 Å². The molecule has 1 saturated heterocycles. The molecule has 0 aliphatic carbocycles.